The Morgan fingerprint density at radius 2 is 2.53 bits per heavy atom. The van der Waals surface area contributed by atoms with Gasteiger partial charge in [-0.1, -0.05) is 24.8 Å². The van der Waals surface area contributed by atoms with E-state index in [0.29, 0.717) is 11.2 Å². The lowest BCUT2D eigenvalue weighted by molar-refractivity contribution is 0.601. The minimum Gasteiger partial charge on any atom is -0.272 e. The van der Waals surface area contributed by atoms with Crippen molar-refractivity contribution in [2.45, 2.75) is 32.2 Å². The van der Waals surface area contributed by atoms with Gasteiger partial charge in [-0.05, 0) is 37.0 Å². The number of nitrogens with one attached hydrogen (secondary N) is 1. The second-order valence-corrected chi connectivity index (χ2v) is 5.38. The molecule has 0 saturated heterocycles. The highest BCUT2D eigenvalue weighted by Gasteiger charge is 2.07. The number of hydrogen-bond acceptors (Lipinski definition) is 4. The van der Waals surface area contributed by atoms with Crippen LogP contribution in [0.3, 0.4) is 0 Å². The number of hydrogen-bond donors (Lipinski definition) is 1. The van der Waals surface area contributed by atoms with Crippen molar-refractivity contribution in [3.63, 3.8) is 0 Å². The summed E-state index contributed by atoms with van der Waals surface area (Å²) in [6.45, 7) is 2.13. The van der Waals surface area contributed by atoms with E-state index in [1.54, 1.807) is 11.3 Å². The first-order valence-corrected chi connectivity index (χ1v) is 7.69. The largest absolute Gasteiger partial charge is 0.272 e. The average molecular weight is 267 g/mol. The smallest absolute Gasteiger partial charge is 0.183 e. The molecule has 0 fully saturated rings. The van der Waals surface area contributed by atoms with Crippen LogP contribution >= 0.6 is 23.1 Å². The highest BCUT2D eigenvalue weighted by Crippen LogP contribution is 2.15. The van der Waals surface area contributed by atoms with Gasteiger partial charge in [0.1, 0.15) is 0 Å². The second kappa shape index (κ2) is 8.15. The van der Waals surface area contributed by atoms with Crippen LogP contribution in [0.15, 0.2) is 22.5 Å². The molecule has 0 aliphatic carbocycles. The number of thioether (sulfide) groups is 1. The number of nitrogens with zero attached hydrogens (tertiary/aromatic N) is 2. The van der Waals surface area contributed by atoms with E-state index in [1.165, 1.54) is 16.6 Å². The van der Waals surface area contributed by atoms with Crippen LogP contribution in [0.25, 0.3) is 0 Å². The van der Waals surface area contributed by atoms with Crippen molar-refractivity contribution in [3.05, 3.63) is 22.4 Å². The zero-order chi connectivity index (χ0) is 12.5. The molecule has 1 atom stereocenters. The van der Waals surface area contributed by atoms with E-state index in [4.69, 9.17) is 5.26 Å². The molecule has 17 heavy (non-hydrogen) atoms. The van der Waals surface area contributed by atoms with Gasteiger partial charge < -0.3 is 0 Å². The Morgan fingerprint density at radius 1 is 1.71 bits per heavy atom. The van der Waals surface area contributed by atoms with Gasteiger partial charge in [0.05, 0.1) is 6.04 Å². The molecule has 0 aliphatic heterocycles. The zero-order valence-corrected chi connectivity index (χ0v) is 11.8. The lowest BCUT2D eigenvalue weighted by Crippen LogP contribution is -2.17. The first-order valence-electron chi connectivity index (χ1n) is 5.59. The Balaban J connectivity index is 2.50. The van der Waals surface area contributed by atoms with Crippen molar-refractivity contribution in [3.8, 4) is 6.19 Å². The van der Waals surface area contributed by atoms with E-state index < -0.39 is 0 Å². The van der Waals surface area contributed by atoms with Gasteiger partial charge in [-0.2, -0.15) is 5.26 Å². The van der Waals surface area contributed by atoms with Crippen LogP contribution in [0, 0.1) is 11.5 Å². The van der Waals surface area contributed by atoms with Gasteiger partial charge in [0, 0.05) is 4.88 Å². The van der Waals surface area contributed by atoms with E-state index in [0.717, 1.165) is 19.3 Å². The molecule has 1 N–H and O–H groups in total. The van der Waals surface area contributed by atoms with Gasteiger partial charge in [0.15, 0.2) is 11.4 Å². The monoisotopic (exact) mass is 267 g/mol. The molecule has 0 saturated carbocycles. The van der Waals surface area contributed by atoms with Crippen LogP contribution in [0.1, 0.15) is 24.6 Å². The molecule has 5 heteroatoms. The SMILES string of the molecule is CC[C@@H](CCc1cccs1)N=C(NC#N)SC. The van der Waals surface area contributed by atoms with E-state index >= 15 is 0 Å². The number of thiophene rings is 1. The fourth-order valence-electron chi connectivity index (χ4n) is 1.47. The maximum atomic E-state index is 8.58. The summed E-state index contributed by atoms with van der Waals surface area (Å²) in [7, 11) is 0. The lowest BCUT2D eigenvalue weighted by atomic mass is 10.1. The van der Waals surface area contributed by atoms with Gasteiger partial charge in [-0.15, -0.1) is 11.3 Å². The van der Waals surface area contributed by atoms with E-state index in [9.17, 15) is 0 Å². The zero-order valence-electron chi connectivity index (χ0n) is 10.1. The molecule has 92 valence electrons. The molecule has 0 unspecified atom stereocenters. The van der Waals surface area contributed by atoms with Crippen LogP contribution in [-0.2, 0) is 6.42 Å². The van der Waals surface area contributed by atoms with Crippen molar-refractivity contribution in [2.24, 2.45) is 4.99 Å². The van der Waals surface area contributed by atoms with E-state index in [2.05, 4.69) is 34.7 Å². The summed E-state index contributed by atoms with van der Waals surface area (Å²) in [4.78, 5) is 5.95. The summed E-state index contributed by atoms with van der Waals surface area (Å²) >= 11 is 3.27. The van der Waals surface area contributed by atoms with Crippen molar-refractivity contribution in [2.75, 3.05) is 6.26 Å². The van der Waals surface area contributed by atoms with Crippen LogP contribution in [0.4, 0.5) is 0 Å². The summed E-state index contributed by atoms with van der Waals surface area (Å²) in [5.41, 5.74) is 0. The summed E-state index contributed by atoms with van der Waals surface area (Å²) in [5, 5.41) is 14.0. The molecule has 0 aromatic carbocycles. The first kappa shape index (κ1) is 14.1. The van der Waals surface area contributed by atoms with Crippen LogP contribution in [0.2, 0.25) is 0 Å². The third-order valence-corrected chi connectivity index (χ3v) is 3.96. The molecule has 0 radical (unpaired) electrons. The Morgan fingerprint density at radius 3 is 3.06 bits per heavy atom. The van der Waals surface area contributed by atoms with Crippen LogP contribution in [0.5, 0.6) is 0 Å². The van der Waals surface area contributed by atoms with Crippen LogP contribution in [-0.4, -0.2) is 17.5 Å². The highest BCUT2D eigenvalue weighted by atomic mass is 32.2. The standard InChI is InChI=1S/C12H17N3S2/c1-3-10(15-12(16-2)14-9-13)6-7-11-5-4-8-17-11/h4-5,8,10H,3,6-7H2,1-2H3,(H,14,15)/t10-/m0/s1. The normalized spacial score (nSPS) is 13.1. The third-order valence-electron chi connectivity index (χ3n) is 2.43. The van der Waals surface area contributed by atoms with Crippen molar-refractivity contribution in [1.29, 1.82) is 5.26 Å². The summed E-state index contributed by atoms with van der Waals surface area (Å²) in [6, 6.07) is 4.53. The number of aryl methyl sites for hydroxylation is 1. The maximum absolute atomic E-state index is 8.58. The van der Waals surface area contributed by atoms with Gasteiger partial charge in [-0.25, -0.2) is 0 Å². The molecular formula is C12H17N3S2. The third kappa shape index (κ3) is 5.24. The Bertz CT molecular complexity index is 379. The number of nitriles is 1. The minimum absolute atomic E-state index is 0.292. The number of aliphatic imine (C=N–C) groups is 1. The Hall–Kier alpha value is -0.990. The fourth-order valence-corrected chi connectivity index (χ4v) is 2.60. The Kier molecular flexibility index (Phi) is 6.75. The minimum atomic E-state index is 0.292. The molecule has 1 aromatic rings. The maximum Gasteiger partial charge on any atom is 0.183 e. The van der Waals surface area contributed by atoms with Gasteiger partial charge in [0.25, 0.3) is 0 Å². The predicted octanol–water partition coefficient (Wildman–Crippen LogP) is 3.25. The highest BCUT2D eigenvalue weighted by molar-refractivity contribution is 8.13. The topological polar surface area (TPSA) is 48.2 Å². The number of rotatable bonds is 5. The van der Waals surface area contributed by atoms with Crippen LogP contribution < -0.4 is 5.32 Å². The van der Waals surface area contributed by atoms with Crippen molar-refractivity contribution >= 4 is 28.3 Å². The van der Waals surface area contributed by atoms with Gasteiger partial charge in [0.2, 0.25) is 0 Å². The molecule has 1 rings (SSSR count). The molecule has 0 spiro atoms. The summed E-state index contributed by atoms with van der Waals surface area (Å²) in [6.07, 6.45) is 6.95. The molecule has 0 bridgehead atoms. The molecule has 1 heterocycles. The van der Waals surface area contributed by atoms with E-state index in [1.807, 2.05) is 12.4 Å². The summed E-state index contributed by atoms with van der Waals surface area (Å²) in [5.74, 6) is 0. The second-order valence-electron chi connectivity index (χ2n) is 3.56. The van der Waals surface area contributed by atoms with Gasteiger partial charge in [-0.3, -0.25) is 10.3 Å². The molecule has 3 nitrogen and oxygen atoms in total. The van der Waals surface area contributed by atoms with Gasteiger partial charge >= 0.3 is 0 Å². The lowest BCUT2D eigenvalue weighted by Gasteiger charge is -2.10. The molecule has 0 aliphatic rings. The summed E-state index contributed by atoms with van der Waals surface area (Å²) < 4.78 is 0. The fraction of sp³-hybridized carbons (Fsp3) is 0.500. The quantitative estimate of drug-likeness (QED) is 0.385. The number of amidine groups is 1. The molecule has 1 aromatic heterocycles. The van der Waals surface area contributed by atoms with E-state index in [-0.39, 0.29) is 0 Å². The predicted molar refractivity (Wildman–Crippen MR) is 76.4 cm³/mol. The van der Waals surface area contributed by atoms with Crippen molar-refractivity contribution < 1.29 is 0 Å². The Labute approximate surface area is 111 Å². The average Bonchev–Trinajstić information content (AvgIpc) is 2.86. The molecular weight excluding hydrogens is 250 g/mol. The molecule has 0 amide bonds. The first-order chi connectivity index (χ1) is 8.30. The van der Waals surface area contributed by atoms with Crippen molar-refractivity contribution in [1.82, 2.24) is 5.32 Å².